The highest BCUT2D eigenvalue weighted by Gasteiger charge is 2.37. The van der Waals surface area contributed by atoms with Crippen molar-refractivity contribution >= 4 is 0 Å². The van der Waals surface area contributed by atoms with Crippen LogP contribution in [0.2, 0.25) is 0 Å². The van der Waals surface area contributed by atoms with Gasteiger partial charge in [0.15, 0.2) is 0 Å². The number of hydrogen-bond donors (Lipinski definition) is 1. The number of benzene rings is 1. The molecular formula is C18H30N2. The normalized spacial score (nSPS) is 22.4. The Balaban J connectivity index is 2.13. The van der Waals surface area contributed by atoms with Crippen LogP contribution in [0.4, 0.5) is 0 Å². The molecule has 0 bridgehead atoms. The number of rotatable bonds is 5. The Labute approximate surface area is 124 Å². The first kappa shape index (κ1) is 15.5. The zero-order valence-corrected chi connectivity index (χ0v) is 13.4. The van der Waals surface area contributed by atoms with Crippen molar-refractivity contribution in [2.75, 3.05) is 19.6 Å². The molecule has 1 saturated heterocycles. The highest BCUT2D eigenvalue weighted by atomic mass is 15.2. The summed E-state index contributed by atoms with van der Waals surface area (Å²) in [5.41, 5.74) is 8.26. The van der Waals surface area contributed by atoms with Gasteiger partial charge < -0.3 is 5.73 Å². The second-order valence-electron chi connectivity index (χ2n) is 7.10. The van der Waals surface area contributed by atoms with Gasteiger partial charge in [-0.2, -0.15) is 0 Å². The summed E-state index contributed by atoms with van der Waals surface area (Å²) >= 11 is 0. The first-order valence-corrected chi connectivity index (χ1v) is 8.00. The lowest BCUT2D eigenvalue weighted by Gasteiger charge is -2.48. The molecule has 1 atom stereocenters. The van der Waals surface area contributed by atoms with Gasteiger partial charge in [-0.15, -0.1) is 0 Å². The van der Waals surface area contributed by atoms with E-state index in [0.717, 1.165) is 19.4 Å². The molecule has 1 fully saturated rings. The lowest BCUT2D eigenvalue weighted by atomic mass is 9.78. The Bertz CT molecular complexity index is 397. The van der Waals surface area contributed by atoms with Crippen LogP contribution in [0, 0.1) is 5.41 Å². The van der Waals surface area contributed by atoms with Gasteiger partial charge in [-0.25, -0.2) is 0 Å². The van der Waals surface area contributed by atoms with Gasteiger partial charge in [0, 0.05) is 12.1 Å². The Kier molecular flexibility index (Phi) is 4.87. The topological polar surface area (TPSA) is 29.3 Å². The maximum absolute atomic E-state index is 6.22. The van der Waals surface area contributed by atoms with Gasteiger partial charge in [0.1, 0.15) is 0 Å². The third kappa shape index (κ3) is 3.42. The molecule has 0 amide bonds. The third-order valence-electron chi connectivity index (χ3n) is 5.20. The fourth-order valence-corrected chi connectivity index (χ4v) is 3.37. The molecule has 2 nitrogen and oxygen atoms in total. The minimum atomic E-state index is 0.137. The zero-order valence-electron chi connectivity index (χ0n) is 13.4. The van der Waals surface area contributed by atoms with Gasteiger partial charge in [0.2, 0.25) is 0 Å². The molecule has 0 aliphatic carbocycles. The minimum Gasteiger partial charge on any atom is -0.329 e. The van der Waals surface area contributed by atoms with Crippen molar-refractivity contribution in [3.05, 3.63) is 35.9 Å². The summed E-state index contributed by atoms with van der Waals surface area (Å²) < 4.78 is 0. The lowest BCUT2D eigenvalue weighted by molar-refractivity contribution is 0.0295. The first-order valence-electron chi connectivity index (χ1n) is 8.00. The fraction of sp³-hybridized carbons (Fsp3) is 0.667. The molecule has 2 rings (SSSR count). The standard InChI is InChI=1S/C18H30N2/c1-4-18(15-19,14-16-8-6-5-7-9-16)20-12-10-17(2,3)11-13-20/h5-9H,4,10-15,19H2,1-3H3. The summed E-state index contributed by atoms with van der Waals surface area (Å²) in [5, 5.41) is 0. The molecule has 1 aliphatic rings. The van der Waals surface area contributed by atoms with E-state index < -0.39 is 0 Å². The Morgan fingerprint density at radius 1 is 1.15 bits per heavy atom. The van der Waals surface area contributed by atoms with E-state index in [1.807, 2.05) is 0 Å². The van der Waals surface area contributed by atoms with E-state index in [0.29, 0.717) is 5.41 Å². The summed E-state index contributed by atoms with van der Waals surface area (Å²) in [4.78, 5) is 2.66. The molecule has 0 radical (unpaired) electrons. The SMILES string of the molecule is CCC(CN)(Cc1ccccc1)N1CCC(C)(C)CC1. The molecule has 0 aromatic heterocycles. The Hall–Kier alpha value is -0.860. The number of nitrogens with two attached hydrogens (primary N) is 1. The van der Waals surface area contributed by atoms with Gasteiger partial charge in [-0.1, -0.05) is 51.1 Å². The number of likely N-dealkylation sites (tertiary alicyclic amines) is 1. The smallest absolute Gasteiger partial charge is 0.0369 e. The Morgan fingerprint density at radius 2 is 1.75 bits per heavy atom. The van der Waals surface area contributed by atoms with Crippen LogP contribution >= 0.6 is 0 Å². The number of piperidine rings is 1. The van der Waals surface area contributed by atoms with Crippen LogP contribution in [0.3, 0.4) is 0 Å². The molecule has 20 heavy (non-hydrogen) atoms. The summed E-state index contributed by atoms with van der Waals surface area (Å²) in [7, 11) is 0. The average molecular weight is 274 g/mol. The van der Waals surface area contributed by atoms with Crippen molar-refractivity contribution in [3.63, 3.8) is 0 Å². The van der Waals surface area contributed by atoms with Crippen LogP contribution in [0.1, 0.15) is 45.6 Å². The summed E-state index contributed by atoms with van der Waals surface area (Å²) in [5.74, 6) is 0. The predicted octanol–water partition coefficient (Wildman–Crippen LogP) is 3.46. The number of hydrogen-bond acceptors (Lipinski definition) is 2. The van der Waals surface area contributed by atoms with Crippen molar-refractivity contribution in [2.24, 2.45) is 11.1 Å². The molecule has 2 N–H and O–H groups in total. The molecule has 0 saturated carbocycles. The number of nitrogens with zero attached hydrogens (tertiary/aromatic N) is 1. The van der Waals surface area contributed by atoms with Crippen LogP contribution in [0.25, 0.3) is 0 Å². The van der Waals surface area contributed by atoms with Crippen molar-refractivity contribution in [1.29, 1.82) is 0 Å². The second-order valence-corrected chi connectivity index (χ2v) is 7.10. The van der Waals surface area contributed by atoms with Crippen LogP contribution < -0.4 is 5.73 Å². The monoisotopic (exact) mass is 274 g/mol. The Morgan fingerprint density at radius 3 is 2.25 bits per heavy atom. The summed E-state index contributed by atoms with van der Waals surface area (Å²) in [6.07, 6.45) is 4.76. The van der Waals surface area contributed by atoms with Crippen LogP contribution in [-0.2, 0) is 6.42 Å². The molecule has 1 aromatic rings. The third-order valence-corrected chi connectivity index (χ3v) is 5.20. The molecule has 1 aliphatic heterocycles. The van der Waals surface area contributed by atoms with E-state index in [4.69, 9.17) is 5.73 Å². The maximum atomic E-state index is 6.22. The maximum Gasteiger partial charge on any atom is 0.0369 e. The predicted molar refractivity (Wildman–Crippen MR) is 86.8 cm³/mol. The van der Waals surface area contributed by atoms with Crippen LogP contribution in [0.15, 0.2) is 30.3 Å². The molecule has 1 unspecified atom stereocenters. The van der Waals surface area contributed by atoms with Crippen LogP contribution in [-0.4, -0.2) is 30.1 Å². The molecule has 2 heteroatoms. The van der Waals surface area contributed by atoms with Crippen LogP contribution in [0.5, 0.6) is 0 Å². The lowest BCUT2D eigenvalue weighted by Crippen LogP contribution is -2.58. The van der Waals surface area contributed by atoms with Crippen molar-refractivity contribution in [2.45, 2.75) is 52.0 Å². The van der Waals surface area contributed by atoms with E-state index in [-0.39, 0.29) is 5.54 Å². The van der Waals surface area contributed by atoms with E-state index in [1.54, 1.807) is 0 Å². The molecular weight excluding hydrogens is 244 g/mol. The van der Waals surface area contributed by atoms with E-state index in [2.05, 4.69) is 56.0 Å². The highest BCUT2D eigenvalue weighted by Crippen LogP contribution is 2.35. The van der Waals surface area contributed by atoms with Gasteiger partial charge in [0.05, 0.1) is 0 Å². The molecule has 1 heterocycles. The van der Waals surface area contributed by atoms with Gasteiger partial charge in [-0.3, -0.25) is 4.90 Å². The van der Waals surface area contributed by atoms with E-state index >= 15 is 0 Å². The van der Waals surface area contributed by atoms with Crippen molar-refractivity contribution in [3.8, 4) is 0 Å². The van der Waals surface area contributed by atoms with E-state index in [9.17, 15) is 0 Å². The zero-order chi connectivity index (χ0) is 14.6. The molecule has 1 aromatic carbocycles. The van der Waals surface area contributed by atoms with Gasteiger partial charge >= 0.3 is 0 Å². The van der Waals surface area contributed by atoms with Gasteiger partial charge in [0.25, 0.3) is 0 Å². The molecule has 0 spiro atoms. The van der Waals surface area contributed by atoms with Gasteiger partial charge in [-0.05, 0) is 49.8 Å². The fourth-order valence-electron chi connectivity index (χ4n) is 3.37. The largest absolute Gasteiger partial charge is 0.329 e. The summed E-state index contributed by atoms with van der Waals surface area (Å²) in [6, 6.07) is 10.8. The average Bonchev–Trinajstić information content (AvgIpc) is 2.46. The first-order chi connectivity index (χ1) is 9.51. The quantitative estimate of drug-likeness (QED) is 0.891. The summed E-state index contributed by atoms with van der Waals surface area (Å²) in [6.45, 7) is 10.2. The highest BCUT2D eigenvalue weighted by molar-refractivity contribution is 5.18. The van der Waals surface area contributed by atoms with E-state index in [1.165, 1.54) is 31.5 Å². The second kappa shape index (κ2) is 6.28. The molecule has 112 valence electrons. The van der Waals surface area contributed by atoms with Crippen molar-refractivity contribution in [1.82, 2.24) is 4.90 Å². The van der Waals surface area contributed by atoms with Crippen molar-refractivity contribution < 1.29 is 0 Å². The minimum absolute atomic E-state index is 0.137.